The first-order chi connectivity index (χ1) is 19.2. The molecule has 192 valence electrons. The standard InChI is InChI=1S/C33H28N4O2/c38-32(34-18-21-13-15-23(16-14-21)37-20-36-29-11-5-6-12-30(29)37)33(39)35-19-22-17-28-24-7-1-3-9-26(24)31(22)27-10-4-2-8-25(27)28/h1-16,20,22,28,31H,17-19H2,(H,34,38)(H,35,39). The van der Waals surface area contributed by atoms with Crippen molar-refractivity contribution in [3.05, 3.63) is 131 Å². The van der Waals surface area contributed by atoms with E-state index in [0.717, 1.165) is 28.7 Å². The van der Waals surface area contributed by atoms with E-state index in [-0.39, 0.29) is 18.4 Å². The molecule has 0 radical (unpaired) electrons. The Kier molecular flexibility index (Phi) is 5.73. The second-order valence-corrected chi connectivity index (χ2v) is 10.4. The van der Waals surface area contributed by atoms with Crippen molar-refractivity contribution in [1.82, 2.24) is 20.2 Å². The lowest BCUT2D eigenvalue weighted by Crippen LogP contribution is -2.44. The molecule has 6 heteroatoms. The Labute approximate surface area is 226 Å². The van der Waals surface area contributed by atoms with Crippen molar-refractivity contribution < 1.29 is 9.59 Å². The highest BCUT2D eigenvalue weighted by Crippen LogP contribution is 2.55. The molecule has 2 amide bonds. The van der Waals surface area contributed by atoms with E-state index in [1.54, 1.807) is 6.33 Å². The molecule has 1 aromatic heterocycles. The summed E-state index contributed by atoms with van der Waals surface area (Å²) in [5.41, 5.74) is 9.38. The molecular weight excluding hydrogens is 484 g/mol. The van der Waals surface area contributed by atoms with E-state index in [9.17, 15) is 9.59 Å². The molecule has 0 aliphatic heterocycles. The van der Waals surface area contributed by atoms with E-state index >= 15 is 0 Å². The zero-order chi connectivity index (χ0) is 26.3. The first-order valence-corrected chi connectivity index (χ1v) is 13.4. The molecule has 6 nitrogen and oxygen atoms in total. The summed E-state index contributed by atoms with van der Waals surface area (Å²) in [4.78, 5) is 29.8. The van der Waals surface area contributed by atoms with Gasteiger partial charge in [0.25, 0.3) is 0 Å². The number of benzene rings is 4. The van der Waals surface area contributed by atoms with Crippen LogP contribution >= 0.6 is 0 Å². The summed E-state index contributed by atoms with van der Waals surface area (Å²) in [5.74, 6) is -0.373. The van der Waals surface area contributed by atoms with E-state index < -0.39 is 11.8 Å². The first kappa shape index (κ1) is 23.4. The molecule has 5 aromatic rings. The van der Waals surface area contributed by atoms with Gasteiger partial charge in [-0.1, -0.05) is 72.8 Å². The summed E-state index contributed by atoms with van der Waals surface area (Å²) in [6.07, 6.45) is 2.78. The van der Waals surface area contributed by atoms with Crippen molar-refractivity contribution in [2.75, 3.05) is 6.54 Å². The molecule has 2 N–H and O–H groups in total. The molecule has 0 saturated carbocycles. The van der Waals surface area contributed by atoms with Crippen LogP contribution in [0.1, 0.15) is 46.1 Å². The first-order valence-electron chi connectivity index (χ1n) is 13.4. The van der Waals surface area contributed by atoms with E-state index in [0.29, 0.717) is 12.5 Å². The van der Waals surface area contributed by atoms with Gasteiger partial charge in [-0.3, -0.25) is 14.2 Å². The van der Waals surface area contributed by atoms with E-state index in [2.05, 4.69) is 64.1 Å². The smallest absolute Gasteiger partial charge is 0.309 e. The Balaban J connectivity index is 0.978. The van der Waals surface area contributed by atoms with Crippen molar-refractivity contribution >= 4 is 22.8 Å². The van der Waals surface area contributed by atoms with Crippen molar-refractivity contribution in [2.45, 2.75) is 24.8 Å². The van der Waals surface area contributed by atoms with Gasteiger partial charge in [-0.25, -0.2) is 4.98 Å². The highest BCUT2D eigenvalue weighted by atomic mass is 16.2. The molecule has 0 fully saturated rings. The van der Waals surface area contributed by atoms with Crippen molar-refractivity contribution in [2.24, 2.45) is 5.92 Å². The topological polar surface area (TPSA) is 76.0 Å². The number of rotatable bonds is 5. The number of nitrogens with zero attached hydrogens (tertiary/aromatic N) is 2. The van der Waals surface area contributed by atoms with Gasteiger partial charge >= 0.3 is 11.8 Å². The Hall–Kier alpha value is -4.71. The van der Waals surface area contributed by atoms with Gasteiger partial charge in [-0.05, 0) is 64.4 Å². The number of aromatic nitrogens is 2. The van der Waals surface area contributed by atoms with Crippen LogP contribution in [0.4, 0.5) is 0 Å². The summed E-state index contributed by atoms with van der Waals surface area (Å²) >= 11 is 0. The van der Waals surface area contributed by atoms with Gasteiger partial charge in [0.05, 0.1) is 11.0 Å². The Morgan fingerprint density at radius 3 is 2.08 bits per heavy atom. The fourth-order valence-corrected chi connectivity index (χ4v) is 6.47. The zero-order valence-corrected chi connectivity index (χ0v) is 21.4. The summed E-state index contributed by atoms with van der Waals surface area (Å²) in [6.45, 7) is 0.760. The second-order valence-electron chi connectivity index (χ2n) is 10.4. The molecule has 39 heavy (non-hydrogen) atoms. The van der Waals surface area contributed by atoms with Crippen molar-refractivity contribution in [3.63, 3.8) is 0 Å². The maximum absolute atomic E-state index is 12.7. The minimum atomic E-state index is -0.610. The third kappa shape index (κ3) is 4.09. The molecule has 1 heterocycles. The van der Waals surface area contributed by atoms with Gasteiger partial charge in [-0.2, -0.15) is 0 Å². The average Bonchev–Trinajstić information content (AvgIpc) is 3.43. The Bertz CT molecular complexity index is 1660. The fraction of sp³-hybridized carbons (Fsp3) is 0.182. The van der Waals surface area contributed by atoms with Crippen LogP contribution in [0.25, 0.3) is 16.7 Å². The monoisotopic (exact) mass is 512 g/mol. The predicted octanol–water partition coefficient (Wildman–Crippen LogP) is 5.06. The normalized spacial score (nSPS) is 18.8. The van der Waals surface area contributed by atoms with Crippen LogP contribution < -0.4 is 10.6 Å². The van der Waals surface area contributed by atoms with Gasteiger partial charge in [0.2, 0.25) is 0 Å². The molecule has 1 atom stereocenters. The number of nitrogens with one attached hydrogen (secondary N) is 2. The lowest BCUT2D eigenvalue weighted by molar-refractivity contribution is -0.139. The molecular formula is C33H28N4O2. The predicted molar refractivity (Wildman–Crippen MR) is 151 cm³/mol. The van der Waals surface area contributed by atoms with Crippen molar-refractivity contribution in [3.8, 4) is 5.69 Å². The van der Waals surface area contributed by atoms with Crippen LogP contribution in [0.5, 0.6) is 0 Å². The van der Waals surface area contributed by atoms with Crippen LogP contribution in [0.3, 0.4) is 0 Å². The number of amides is 2. The largest absolute Gasteiger partial charge is 0.348 e. The highest BCUT2D eigenvalue weighted by molar-refractivity contribution is 6.35. The van der Waals surface area contributed by atoms with Crippen LogP contribution in [0, 0.1) is 5.92 Å². The van der Waals surface area contributed by atoms with E-state index in [1.165, 1.54) is 22.3 Å². The lowest BCUT2D eigenvalue weighted by atomic mass is 9.59. The minimum Gasteiger partial charge on any atom is -0.348 e. The summed E-state index contributed by atoms with van der Waals surface area (Å²) < 4.78 is 2.03. The minimum absolute atomic E-state index is 0.233. The molecule has 3 aliphatic carbocycles. The molecule has 0 spiro atoms. The van der Waals surface area contributed by atoms with Crippen LogP contribution in [0.2, 0.25) is 0 Å². The zero-order valence-electron chi connectivity index (χ0n) is 21.4. The van der Waals surface area contributed by atoms with Gasteiger partial charge in [-0.15, -0.1) is 0 Å². The number of carbonyl (C=O) groups excluding carboxylic acids is 2. The number of para-hydroxylation sites is 2. The molecule has 1 unspecified atom stereocenters. The maximum Gasteiger partial charge on any atom is 0.309 e. The maximum atomic E-state index is 12.7. The third-order valence-corrected chi connectivity index (χ3v) is 8.28. The fourth-order valence-electron chi connectivity index (χ4n) is 6.47. The van der Waals surface area contributed by atoms with Crippen LogP contribution in [-0.2, 0) is 16.1 Å². The quantitative estimate of drug-likeness (QED) is 0.324. The highest BCUT2D eigenvalue weighted by Gasteiger charge is 2.43. The van der Waals surface area contributed by atoms with Gasteiger partial charge in [0.1, 0.15) is 6.33 Å². The van der Waals surface area contributed by atoms with Crippen molar-refractivity contribution in [1.29, 1.82) is 0 Å². The summed E-state index contributed by atoms with van der Waals surface area (Å²) in [5, 5.41) is 5.68. The molecule has 4 aromatic carbocycles. The number of hydrogen-bond acceptors (Lipinski definition) is 3. The van der Waals surface area contributed by atoms with Crippen LogP contribution in [-0.4, -0.2) is 27.9 Å². The Morgan fingerprint density at radius 2 is 1.36 bits per heavy atom. The molecule has 2 bridgehead atoms. The number of carbonyl (C=O) groups is 2. The van der Waals surface area contributed by atoms with Gasteiger partial charge < -0.3 is 10.6 Å². The third-order valence-electron chi connectivity index (χ3n) is 8.28. The molecule has 0 saturated heterocycles. The second kappa shape index (κ2) is 9.55. The SMILES string of the molecule is O=C(NCc1ccc(-n2cnc3ccccc32)cc1)C(=O)NCC1CC2c3ccccc3C1c1ccccc12. The number of imidazole rings is 1. The van der Waals surface area contributed by atoms with Gasteiger partial charge in [0, 0.05) is 30.6 Å². The lowest BCUT2D eigenvalue weighted by Gasteiger charge is -2.45. The van der Waals surface area contributed by atoms with Crippen LogP contribution in [0.15, 0.2) is 103 Å². The number of fused-ring (bicyclic) bond motifs is 2. The Morgan fingerprint density at radius 1 is 0.744 bits per heavy atom. The average molecular weight is 513 g/mol. The molecule has 8 rings (SSSR count). The summed E-state index contributed by atoms with van der Waals surface area (Å²) in [7, 11) is 0. The summed E-state index contributed by atoms with van der Waals surface area (Å²) in [6, 6.07) is 33.2. The molecule has 3 aliphatic rings. The van der Waals surface area contributed by atoms with E-state index in [1.807, 2.05) is 53.1 Å². The number of hydrogen-bond donors (Lipinski definition) is 2. The van der Waals surface area contributed by atoms with E-state index in [4.69, 9.17) is 0 Å². The van der Waals surface area contributed by atoms with Gasteiger partial charge in [0.15, 0.2) is 0 Å².